The summed E-state index contributed by atoms with van der Waals surface area (Å²) in [6.45, 7) is 0. The van der Waals surface area contributed by atoms with Gasteiger partial charge in [-0.1, -0.05) is 54.6 Å². The van der Waals surface area contributed by atoms with E-state index in [1.807, 2.05) is 60.9 Å². The van der Waals surface area contributed by atoms with Crippen LogP contribution in [0.5, 0.6) is 0 Å². The quantitative estimate of drug-likeness (QED) is 0.0985. The fraction of sp³-hybridized carbons (Fsp3) is 0.161. The van der Waals surface area contributed by atoms with Crippen molar-refractivity contribution < 1.29 is 23.1 Å². The number of aliphatic carboxylic acids is 1. The minimum atomic E-state index is -3.98. The first-order chi connectivity index (χ1) is 19.8. The van der Waals surface area contributed by atoms with Gasteiger partial charge in [-0.15, -0.1) is 11.8 Å². The summed E-state index contributed by atoms with van der Waals surface area (Å²) in [6.07, 6.45) is 3.52. The third-order valence-corrected chi connectivity index (χ3v) is 8.64. The van der Waals surface area contributed by atoms with Gasteiger partial charge in [0.2, 0.25) is 16.4 Å². The molecular formula is C31H31N3O5S2. The van der Waals surface area contributed by atoms with Crippen LogP contribution in [0.4, 0.5) is 11.4 Å². The summed E-state index contributed by atoms with van der Waals surface area (Å²) in [7, 11) is -3.98. The summed E-state index contributed by atoms with van der Waals surface area (Å²) < 4.78 is 29.0. The van der Waals surface area contributed by atoms with Crippen molar-refractivity contribution in [3.63, 3.8) is 0 Å². The Kier molecular flexibility index (Phi) is 10.2. The topological polar surface area (TPSA) is 116 Å². The number of hydrazine groups is 1. The number of nitrogens with one attached hydrogen (secondary N) is 2. The SMILES string of the molecule is CSc1ccc(NN(C=O)c2cccc(CCc3cccc(S(=O)(=O)N[C@H](CC(=O)O)c4ccccc4)c3)c2)cc1. The van der Waals surface area contributed by atoms with Crippen LogP contribution in [-0.4, -0.2) is 32.2 Å². The van der Waals surface area contributed by atoms with Gasteiger partial charge < -0.3 is 5.11 Å². The van der Waals surface area contributed by atoms with Crippen LogP contribution < -0.4 is 15.2 Å². The van der Waals surface area contributed by atoms with Gasteiger partial charge in [0.15, 0.2) is 0 Å². The average Bonchev–Trinajstić information content (AvgIpc) is 2.99. The fourth-order valence-electron chi connectivity index (χ4n) is 4.32. The van der Waals surface area contributed by atoms with E-state index in [4.69, 9.17) is 0 Å². The molecule has 0 spiro atoms. The highest BCUT2D eigenvalue weighted by atomic mass is 32.2. The predicted molar refractivity (Wildman–Crippen MR) is 162 cm³/mol. The molecule has 212 valence electrons. The average molecular weight is 590 g/mol. The molecule has 1 amide bonds. The Morgan fingerprint density at radius 3 is 2.20 bits per heavy atom. The molecule has 0 aliphatic carbocycles. The maximum atomic E-state index is 13.2. The van der Waals surface area contributed by atoms with E-state index in [1.165, 1.54) is 11.1 Å². The number of aryl methyl sites for hydroxylation is 2. The second kappa shape index (κ2) is 14.0. The van der Waals surface area contributed by atoms with Crippen LogP contribution in [-0.2, 0) is 32.5 Å². The number of carboxylic acids is 1. The Morgan fingerprint density at radius 2 is 1.56 bits per heavy atom. The van der Waals surface area contributed by atoms with E-state index in [0.29, 0.717) is 24.1 Å². The van der Waals surface area contributed by atoms with Crippen LogP contribution in [0.25, 0.3) is 0 Å². The van der Waals surface area contributed by atoms with Crippen molar-refractivity contribution in [1.29, 1.82) is 0 Å². The molecule has 4 aromatic rings. The highest BCUT2D eigenvalue weighted by Gasteiger charge is 2.23. The van der Waals surface area contributed by atoms with Gasteiger partial charge in [-0.05, 0) is 84.3 Å². The maximum Gasteiger partial charge on any atom is 0.305 e. The third kappa shape index (κ3) is 8.43. The Bertz CT molecular complexity index is 1580. The van der Waals surface area contributed by atoms with Crippen molar-refractivity contribution in [2.24, 2.45) is 0 Å². The number of carboxylic acid groups (broad SMARTS) is 1. The predicted octanol–water partition coefficient (Wildman–Crippen LogP) is 5.68. The standard InChI is InChI=1S/C31H31N3O5S2/c1-40-28-17-15-26(16-18-28)32-34(22-35)27-11-5-7-23(19-27)13-14-24-8-6-12-29(20-24)41(38,39)33-30(21-31(36)37)25-9-3-2-4-10-25/h2-12,15-20,22,30,32-33H,13-14,21H2,1H3,(H,36,37)/t30-/m1/s1. The number of hydrogen-bond acceptors (Lipinski definition) is 6. The van der Waals surface area contributed by atoms with Crippen LogP contribution in [0.15, 0.2) is 113 Å². The molecule has 0 aliphatic heterocycles. The van der Waals surface area contributed by atoms with E-state index in [2.05, 4.69) is 10.1 Å². The number of nitrogens with zero attached hydrogens (tertiary/aromatic N) is 1. The molecule has 0 saturated carbocycles. The molecule has 1 atom stereocenters. The first kappa shape index (κ1) is 29.9. The lowest BCUT2D eigenvalue weighted by Gasteiger charge is -2.20. The molecule has 0 fully saturated rings. The Morgan fingerprint density at radius 1 is 0.902 bits per heavy atom. The lowest BCUT2D eigenvalue weighted by atomic mass is 10.0. The number of anilines is 2. The van der Waals surface area contributed by atoms with E-state index < -0.39 is 22.0 Å². The Balaban J connectivity index is 1.44. The highest BCUT2D eigenvalue weighted by Crippen LogP contribution is 2.23. The number of carbonyl (C=O) groups excluding carboxylic acids is 1. The molecule has 0 aromatic heterocycles. The molecule has 0 unspecified atom stereocenters. The normalized spacial score (nSPS) is 11.9. The van der Waals surface area contributed by atoms with E-state index in [9.17, 15) is 23.1 Å². The van der Waals surface area contributed by atoms with Crippen molar-refractivity contribution >= 4 is 45.5 Å². The zero-order valence-corrected chi connectivity index (χ0v) is 24.1. The van der Waals surface area contributed by atoms with Gasteiger partial charge in [-0.2, -0.15) is 0 Å². The van der Waals surface area contributed by atoms with Crippen molar-refractivity contribution in [1.82, 2.24) is 4.72 Å². The van der Waals surface area contributed by atoms with Gasteiger partial charge in [0.05, 0.1) is 28.7 Å². The molecule has 0 radical (unpaired) electrons. The highest BCUT2D eigenvalue weighted by molar-refractivity contribution is 7.98. The summed E-state index contributed by atoms with van der Waals surface area (Å²) in [4.78, 5) is 24.5. The second-order valence-electron chi connectivity index (χ2n) is 9.32. The van der Waals surface area contributed by atoms with E-state index in [0.717, 1.165) is 28.1 Å². The van der Waals surface area contributed by atoms with Crippen LogP contribution in [0, 0.1) is 0 Å². The van der Waals surface area contributed by atoms with Crippen LogP contribution in [0.1, 0.15) is 29.2 Å². The first-order valence-corrected chi connectivity index (χ1v) is 15.6. The molecule has 4 aromatic carbocycles. The molecule has 0 aliphatic rings. The number of hydrogen-bond donors (Lipinski definition) is 3. The molecular weight excluding hydrogens is 558 g/mol. The van der Waals surface area contributed by atoms with Crippen LogP contribution in [0.2, 0.25) is 0 Å². The second-order valence-corrected chi connectivity index (χ2v) is 11.9. The molecule has 10 heteroatoms. The monoisotopic (exact) mass is 589 g/mol. The molecule has 3 N–H and O–H groups in total. The summed E-state index contributed by atoms with van der Waals surface area (Å²) in [5.41, 5.74) is 6.93. The number of amides is 1. The minimum absolute atomic E-state index is 0.0684. The van der Waals surface area contributed by atoms with Crippen molar-refractivity contribution in [2.75, 3.05) is 16.7 Å². The van der Waals surface area contributed by atoms with Crippen LogP contribution in [0.3, 0.4) is 0 Å². The smallest absolute Gasteiger partial charge is 0.305 e. The van der Waals surface area contributed by atoms with Crippen molar-refractivity contribution in [3.8, 4) is 0 Å². The van der Waals surface area contributed by atoms with Crippen LogP contribution >= 0.6 is 11.8 Å². The summed E-state index contributed by atoms with van der Waals surface area (Å²) in [5.74, 6) is -1.10. The minimum Gasteiger partial charge on any atom is -0.481 e. The van der Waals surface area contributed by atoms with Gasteiger partial charge in [0, 0.05) is 4.90 Å². The Hall–Kier alpha value is -4.12. The molecule has 41 heavy (non-hydrogen) atoms. The van der Waals surface area contributed by atoms with Gasteiger partial charge in [0.1, 0.15) is 0 Å². The third-order valence-electron chi connectivity index (χ3n) is 6.42. The van der Waals surface area contributed by atoms with Gasteiger partial charge in [-0.3, -0.25) is 15.0 Å². The van der Waals surface area contributed by atoms with E-state index >= 15 is 0 Å². The molecule has 0 heterocycles. The zero-order valence-electron chi connectivity index (χ0n) is 22.4. The first-order valence-electron chi connectivity index (χ1n) is 12.9. The molecule has 8 nitrogen and oxygen atoms in total. The number of thioether (sulfide) groups is 1. The number of rotatable bonds is 14. The largest absolute Gasteiger partial charge is 0.481 e. The number of carbonyl (C=O) groups is 2. The van der Waals surface area contributed by atoms with E-state index in [1.54, 1.807) is 54.2 Å². The zero-order chi connectivity index (χ0) is 29.2. The van der Waals surface area contributed by atoms with Crippen molar-refractivity contribution in [2.45, 2.75) is 35.1 Å². The van der Waals surface area contributed by atoms with Gasteiger partial charge >= 0.3 is 5.97 Å². The van der Waals surface area contributed by atoms with E-state index in [-0.39, 0.29) is 11.3 Å². The molecule has 0 saturated heterocycles. The molecule has 4 rings (SSSR count). The summed E-state index contributed by atoms with van der Waals surface area (Å²) in [5, 5.41) is 10.7. The number of sulfonamides is 1. The fourth-order valence-corrected chi connectivity index (χ4v) is 6.02. The van der Waals surface area contributed by atoms with Gasteiger partial charge in [-0.25, -0.2) is 18.1 Å². The van der Waals surface area contributed by atoms with Gasteiger partial charge in [0.25, 0.3) is 0 Å². The lowest BCUT2D eigenvalue weighted by Crippen LogP contribution is -2.30. The summed E-state index contributed by atoms with van der Waals surface area (Å²) in [6, 6.07) is 29.7. The van der Waals surface area contributed by atoms with Crippen molar-refractivity contribution in [3.05, 3.63) is 120 Å². The Labute approximate surface area is 244 Å². The summed E-state index contributed by atoms with van der Waals surface area (Å²) >= 11 is 1.64. The number of benzene rings is 4. The molecule has 0 bridgehead atoms. The lowest BCUT2D eigenvalue weighted by molar-refractivity contribution is -0.137. The maximum absolute atomic E-state index is 13.2.